The van der Waals surface area contributed by atoms with E-state index < -0.39 is 0 Å². The Bertz CT molecular complexity index is 349. The fraction of sp³-hybridized carbons (Fsp3) is 0.125. The number of aromatic amines is 1. The smallest absolute Gasteiger partial charge is 0.138 e. The van der Waals surface area contributed by atoms with Crippen molar-refractivity contribution in [2.45, 2.75) is 6.92 Å². The maximum absolute atomic E-state index is 4.25. The highest BCUT2D eigenvalue weighted by Crippen LogP contribution is 2.07. The molecule has 0 spiro atoms. The Morgan fingerprint density at radius 1 is 1.50 bits per heavy atom. The maximum Gasteiger partial charge on any atom is 0.138 e. The van der Waals surface area contributed by atoms with Crippen molar-refractivity contribution in [1.29, 1.82) is 0 Å². The molecule has 2 rings (SSSR count). The third-order valence-corrected chi connectivity index (χ3v) is 1.47. The highest BCUT2D eigenvalue weighted by molar-refractivity contribution is 5.74. The molecule has 2 nitrogen and oxygen atoms in total. The standard InChI is InChI=1S/C8H7N2/c1-6-2-3-7-4-5-9-8(7)10-6/h2-3,5H,1H3,(H,9,10). The molecular formula is C8H7N2. The van der Waals surface area contributed by atoms with Crippen molar-refractivity contribution in [2.24, 2.45) is 0 Å². The minimum Gasteiger partial charge on any atom is -0.346 e. The first-order valence-corrected chi connectivity index (χ1v) is 3.19. The van der Waals surface area contributed by atoms with Gasteiger partial charge in [-0.25, -0.2) is 4.98 Å². The zero-order chi connectivity index (χ0) is 6.97. The van der Waals surface area contributed by atoms with Crippen molar-refractivity contribution in [3.63, 3.8) is 0 Å². The summed E-state index contributed by atoms with van der Waals surface area (Å²) in [5, 5.41) is 1.05. The van der Waals surface area contributed by atoms with Crippen LogP contribution in [0.3, 0.4) is 0 Å². The van der Waals surface area contributed by atoms with E-state index in [2.05, 4.69) is 16.0 Å². The second-order valence-corrected chi connectivity index (χ2v) is 2.28. The van der Waals surface area contributed by atoms with E-state index in [4.69, 9.17) is 0 Å². The predicted octanol–water partition coefficient (Wildman–Crippen LogP) is 1.67. The Kier molecular flexibility index (Phi) is 1.01. The first-order chi connectivity index (χ1) is 4.86. The molecule has 0 aromatic carbocycles. The van der Waals surface area contributed by atoms with Crippen LogP contribution in [0.1, 0.15) is 5.69 Å². The van der Waals surface area contributed by atoms with Crippen LogP contribution in [0.4, 0.5) is 0 Å². The normalized spacial score (nSPS) is 10.5. The summed E-state index contributed by atoms with van der Waals surface area (Å²) in [7, 11) is 0. The van der Waals surface area contributed by atoms with Crippen LogP contribution in [0.5, 0.6) is 0 Å². The fourth-order valence-corrected chi connectivity index (χ4v) is 0.965. The summed E-state index contributed by atoms with van der Waals surface area (Å²) >= 11 is 0. The van der Waals surface area contributed by atoms with Gasteiger partial charge in [-0.15, -0.1) is 0 Å². The molecule has 2 aromatic heterocycles. The van der Waals surface area contributed by atoms with Crippen molar-refractivity contribution in [3.8, 4) is 0 Å². The molecule has 10 heavy (non-hydrogen) atoms. The molecule has 0 aliphatic rings. The van der Waals surface area contributed by atoms with Crippen LogP contribution < -0.4 is 0 Å². The van der Waals surface area contributed by atoms with Crippen molar-refractivity contribution in [3.05, 3.63) is 30.1 Å². The number of hydrogen-bond acceptors (Lipinski definition) is 1. The second kappa shape index (κ2) is 1.84. The molecule has 0 saturated heterocycles. The number of H-pyrrole nitrogens is 1. The Hall–Kier alpha value is -1.31. The summed E-state index contributed by atoms with van der Waals surface area (Å²) in [5.41, 5.74) is 1.95. The molecule has 2 heterocycles. The largest absolute Gasteiger partial charge is 0.346 e. The molecule has 0 atom stereocenters. The van der Waals surface area contributed by atoms with Gasteiger partial charge in [-0.3, -0.25) is 0 Å². The lowest BCUT2D eigenvalue weighted by atomic mass is 10.3. The van der Waals surface area contributed by atoms with Gasteiger partial charge in [-0.05, 0) is 19.1 Å². The van der Waals surface area contributed by atoms with Crippen LogP contribution in [0.15, 0.2) is 18.3 Å². The fourth-order valence-electron chi connectivity index (χ4n) is 0.965. The molecule has 0 saturated carbocycles. The third-order valence-electron chi connectivity index (χ3n) is 1.47. The van der Waals surface area contributed by atoms with Crippen molar-refractivity contribution < 1.29 is 0 Å². The lowest BCUT2D eigenvalue weighted by molar-refractivity contribution is 1.22. The molecule has 0 fully saturated rings. The van der Waals surface area contributed by atoms with Crippen molar-refractivity contribution in [2.75, 3.05) is 0 Å². The van der Waals surface area contributed by atoms with Gasteiger partial charge in [0.15, 0.2) is 0 Å². The molecule has 0 amide bonds. The van der Waals surface area contributed by atoms with E-state index in [-0.39, 0.29) is 0 Å². The summed E-state index contributed by atoms with van der Waals surface area (Å²) in [6, 6.07) is 7.02. The number of aryl methyl sites for hydroxylation is 1. The summed E-state index contributed by atoms with van der Waals surface area (Å²) < 4.78 is 0. The van der Waals surface area contributed by atoms with Gasteiger partial charge in [-0.2, -0.15) is 0 Å². The van der Waals surface area contributed by atoms with E-state index in [9.17, 15) is 0 Å². The zero-order valence-corrected chi connectivity index (χ0v) is 5.68. The molecule has 0 bridgehead atoms. The SMILES string of the molecule is Cc1ccc2[c]c[nH]c2n1. The average Bonchev–Trinajstić information content (AvgIpc) is 2.33. The molecule has 1 N–H and O–H groups in total. The summed E-state index contributed by atoms with van der Waals surface area (Å²) in [4.78, 5) is 7.24. The maximum atomic E-state index is 4.25. The Balaban J connectivity index is 2.86. The first-order valence-electron chi connectivity index (χ1n) is 3.19. The summed E-state index contributed by atoms with van der Waals surface area (Å²) in [6.45, 7) is 1.97. The van der Waals surface area contributed by atoms with E-state index in [1.165, 1.54) is 0 Å². The van der Waals surface area contributed by atoms with E-state index in [1.807, 2.05) is 19.1 Å². The highest BCUT2D eigenvalue weighted by Gasteiger charge is 1.93. The molecule has 2 aromatic rings. The Morgan fingerprint density at radius 3 is 3.30 bits per heavy atom. The number of fused-ring (bicyclic) bond motifs is 1. The van der Waals surface area contributed by atoms with Gasteiger partial charge < -0.3 is 4.98 Å². The number of aromatic nitrogens is 2. The number of pyridine rings is 1. The third kappa shape index (κ3) is 0.692. The van der Waals surface area contributed by atoms with Gasteiger partial charge in [-0.1, -0.05) is 0 Å². The molecular weight excluding hydrogens is 124 g/mol. The van der Waals surface area contributed by atoms with E-state index in [1.54, 1.807) is 6.20 Å². The molecule has 1 radical (unpaired) electrons. The van der Waals surface area contributed by atoms with E-state index in [0.29, 0.717) is 0 Å². The Labute approximate surface area is 58.9 Å². The zero-order valence-electron chi connectivity index (χ0n) is 5.68. The van der Waals surface area contributed by atoms with Crippen molar-refractivity contribution >= 4 is 11.0 Å². The number of nitrogens with zero attached hydrogens (tertiary/aromatic N) is 1. The van der Waals surface area contributed by atoms with Crippen LogP contribution in [-0.4, -0.2) is 9.97 Å². The number of rotatable bonds is 0. The van der Waals surface area contributed by atoms with Crippen LogP contribution in [-0.2, 0) is 0 Å². The van der Waals surface area contributed by atoms with Gasteiger partial charge in [0.1, 0.15) is 5.65 Å². The lowest BCUT2D eigenvalue weighted by Crippen LogP contribution is -1.79. The minimum atomic E-state index is 0.917. The molecule has 2 heteroatoms. The van der Waals surface area contributed by atoms with Gasteiger partial charge in [0.25, 0.3) is 0 Å². The van der Waals surface area contributed by atoms with E-state index >= 15 is 0 Å². The van der Waals surface area contributed by atoms with Gasteiger partial charge in [0, 0.05) is 23.3 Å². The van der Waals surface area contributed by atoms with Crippen LogP contribution in [0.25, 0.3) is 11.0 Å². The first kappa shape index (κ1) is 5.47. The van der Waals surface area contributed by atoms with Crippen LogP contribution in [0, 0.1) is 13.0 Å². The van der Waals surface area contributed by atoms with Gasteiger partial charge >= 0.3 is 0 Å². The molecule has 0 aliphatic heterocycles. The number of nitrogens with one attached hydrogen (secondary N) is 1. The molecule has 49 valence electrons. The molecule has 0 unspecified atom stereocenters. The average molecular weight is 131 g/mol. The lowest BCUT2D eigenvalue weighted by Gasteiger charge is -1.89. The predicted molar refractivity (Wildman–Crippen MR) is 39.7 cm³/mol. The highest BCUT2D eigenvalue weighted by atomic mass is 14.8. The monoisotopic (exact) mass is 131 g/mol. The van der Waals surface area contributed by atoms with Crippen LogP contribution >= 0.6 is 0 Å². The van der Waals surface area contributed by atoms with Crippen molar-refractivity contribution in [1.82, 2.24) is 9.97 Å². The Morgan fingerprint density at radius 2 is 2.40 bits per heavy atom. The van der Waals surface area contributed by atoms with Gasteiger partial charge in [0.05, 0.1) is 0 Å². The minimum absolute atomic E-state index is 0.917. The summed E-state index contributed by atoms with van der Waals surface area (Å²) in [5.74, 6) is 0. The topological polar surface area (TPSA) is 28.7 Å². The second-order valence-electron chi connectivity index (χ2n) is 2.28. The number of hydrogen-bond donors (Lipinski definition) is 1. The van der Waals surface area contributed by atoms with E-state index in [0.717, 1.165) is 16.7 Å². The quantitative estimate of drug-likeness (QED) is 0.578. The van der Waals surface area contributed by atoms with Crippen LogP contribution in [0.2, 0.25) is 0 Å². The molecule has 0 aliphatic carbocycles. The van der Waals surface area contributed by atoms with Gasteiger partial charge in [0.2, 0.25) is 0 Å². The summed E-state index contributed by atoms with van der Waals surface area (Å²) in [6.07, 6.45) is 1.77.